The minimum atomic E-state index is -0.487. The molecule has 0 saturated heterocycles. The standard InChI is InChI=1S/C15H14INO3S/c1-10(13-7-4-8-21-13)17-14(18)9-20-15(19)11-5-2-3-6-12(11)16/h2-8,10H,9H2,1H3,(H,17,18)/t10-/m0/s1. The van der Waals surface area contributed by atoms with E-state index >= 15 is 0 Å². The van der Waals surface area contributed by atoms with Gasteiger partial charge in [-0.3, -0.25) is 4.79 Å². The molecule has 1 aromatic heterocycles. The molecule has 1 atom stereocenters. The van der Waals surface area contributed by atoms with Crippen LogP contribution in [0.2, 0.25) is 0 Å². The topological polar surface area (TPSA) is 55.4 Å². The predicted molar refractivity (Wildman–Crippen MR) is 90.3 cm³/mol. The molecule has 1 amide bonds. The molecule has 6 heteroatoms. The Kier molecular flexibility index (Phi) is 5.75. The lowest BCUT2D eigenvalue weighted by molar-refractivity contribution is -0.124. The van der Waals surface area contributed by atoms with Crippen LogP contribution in [0, 0.1) is 3.57 Å². The van der Waals surface area contributed by atoms with E-state index in [1.54, 1.807) is 23.5 Å². The Morgan fingerprint density at radius 3 is 2.71 bits per heavy atom. The predicted octanol–water partition coefficient (Wildman–Crippen LogP) is 3.39. The fourth-order valence-corrected chi connectivity index (χ4v) is 3.07. The first-order valence-corrected chi connectivity index (χ1v) is 8.28. The van der Waals surface area contributed by atoms with Crippen LogP contribution in [0.5, 0.6) is 0 Å². The summed E-state index contributed by atoms with van der Waals surface area (Å²) in [6, 6.07) is 10.9. The van der Waals surface area contributed by atoms with E-state index < -0.39 is 5.97 Å². The van der Waals surface area contributed by atoms with E-state index in [2.05, 4.69) is 27.9 Å². The first kappa shape index (κ1) is 16.0. The van der Waals surface area contributed by atoms with Crippen molar-refractivity contribution in [2.45, 2.75) is 13.0 Å². The highest BCUT2D eigenvalue weighted by molar-refractivity contribution is 14.1. The summed E-state index contributed by atoms with van der Waals surface area (Å²) in [6.45, 7) is 1.62. The van der Waals surface area contributed by atoms with Crippen molar-refractivity contribution in [3.63, 3.8) is 0 Å². The fourth-order valence-electron chi connectivity index (χ4n) is 1.73. The average molecular weight is 415 g/mol. The first-order chi connectivity index (χ1) is 10.1. The van der Waals surface area contributed by atoms with Crippen LogP contribution in [0.25, 0.3) is 0 Å². The molecule has 110 valence electrons. The molecule has 0 fully saturated rings. The van der Waals surface area contributed by atoms with Gasteiger partial charge in [0.1, 0.15) is 0 Å². The van der Waals surface area contributed by atoms with Gasteiger partial charge in [0.15, 0.2) is 6.61 Å². The number of amides is 1. The van der Waals surface area contributed by atoms with E-state index in [-0.39, 0.29) is 18.6 Å². The van der Waals surface area contributed by atoms with Crippen molar-refractivity contribution < 1.29 is 14.3 Å². The number of carbonyl (C=O) groups is 2. The monoisotopic (exact) mass is 415 g/mol. The number of halogens is 1. The molecule has 2 aromatic rings. The zero-order valence-electron chi connectivity index (χ0n) is 11.3. The summed E-state index contributed by atoms with van der Waals surface area (Å²) in [5, 5.41) is 4.75. The minimum absolute atomic E-state index is 0.0898. The number of hydrogen-bond donors (Lipinski definition) is 1. The zero-order chi connectivity index (χ0) is 15.2. The van der Waals surface area contributed by atoms with Crippen LogP contribution >= 0.6 is 33.9 Å². The van der Waals surface area contributed by atoms with Gasteiger partial charge in [0.05, 0.1) is 11.6 Å². The molecule has 2 rings (SSSR count). The van der Waals surface area contributed by atoms with Crippen LogP contribution in [-0.2, 0) is 9.53 Å². The van der Waals surface area contributed by atoms with E-state index in [1.807, 2.05) is 36.6 Å². The summed E-state index contributed by atoms with van der Waals surface area (Å²) in [5.41, 5.74) is 0.470. The van der Waals surface area contributed by atoms with Gasteiger partial charge in [-0.25, -0.2) is 4.79 Å². The molecule has 0 radical (unpaired) electrons. The number of esters is 1. The summed E-state index contributed by atoms with van der Waals surface area (Å²) in [4.78, 5) is 24.7. The van der Waals surface area contributed by atoms with Crippen molar-refractivity contribution in [2.75, 3.05) is 6.61 Å². The van der Waals surface area contributed by atoms with E-state index in [0.29, 0.717) is 5.56 Å². The lowest BCUT2D eigenvalue weighted by atomic mass is 10.2. The number of benzene rings is 1. The summed E-state index contributed by atoms with van der Waals surface area (Å²) in [7, 11) is 0. The Labute approximate surface area is 140 Å². The third-order valence-corrected chi connectivity index (χ3v) is 4.77. The maximum atomic E-state index is 11.9. The second kappa shape index (κ2) is 7.56. The highest BCUT2D eigenvalue weighted by Gasteiger charge is 2.15. The molecule has 0 unspecified atom stereocenters. The smallest absolute Gasteiger partial charge is 0.339 e. The van der Waals surface area contributed by atoms with Crippen LogP contribution < -0.4 is 5.32 Å². The maximum Gasteiger partial charge on any atom is 0.339 e. The normalized spacial score (nSPS) is 11.7. The van der Waals surface area contributed by atoms with E-state index in [0.717, 1.165) is 8.45 Å². The Hall–Kier alpha value is -1.41. The van der Waals surface area contributed by atoms with Crippen molar-refractivity contribution in [1.82, 2.24) is 5.32 Å². The molecule has 0 aliphatic heterocycles. The molecular formula is C15H14INO3S. The van der Waals surface area contributed by atoms with Crippen molar-refractivity contribution in [2.24, 2.45) is 0 Å². The average Bonchev–Trinajstić information content (AvgIpc) is 2.99. The van der Waals surface area contributed by atoms with Gasteiger partial charge in [-0.05, 0) is 53.1 Å². The molecule has 0 aliphatic rings. The highest BCUT2D eigenvalue weighted by Crippen LogP contribution is 2.18. The molecule has 0 spiro atoms. The van der Waals surface area contributed by atoms with Gasteiger partial charge in [0.25, 0.3) is 5.91 Å². The molecule has 1 N–H and O–H groups in total. The molecule has 0 bridgehead atoms. The lowest BCUT2D eigenvalue weighted by Gasteiger charge is -2.12. The summed E-state index contributed by atoms with van der Waals surface area (Å²) in [5.74, 6) is -0.797. The van der Waals surface area contributed by atoms with Gasteiger partial charge in [-0.2, -0.15) is 0 Å². The fraction of sp³-hybridized carbons (Fsp3) is 0.200. The van der Waals surface area contributed by atoms with Gasteiger partial charge < -0.3 is 10.1 Å². The Morgan fingerprint density at radius 1 is 1.29 bits per heavy atom. The molecule has 21 heavy (non-hydrogen) atoms. The summed E-state index contributed by atoms with van der Waals surface area (Å²) < 4.78 is 5.84. The van der Waals surface area contributed by atoms with Crippen molar-refractivity contribution >= 4 is 45.8 Å². The van der Waals surface area contributed by atoms with Crippen LogP contribution in [0.3, 0.4) is 0 Å². The van der Waals surface area contributed by atoms with Crippen LogP contribution in [0.1, 0.15) is 28.2 Å². The number of thiophene rings is 1. The van der Waals surface area contributed by atoms with Gasteiger partial charge >= 0.3 is 5.97 Å². The number of carbonyl (C=O) groups excluding carboxylic acids is 2. The molecule has 0 saturated carbocycles. The van der Waals surface area contributed by atoms with Crippen molar-refractivity contribution in [3.8, 4) is 0 Å². The first-order valence-electron chi connectivity index (χ1n) is 6.32. The summed E-state index contributed by atoms with van der Waals surface area (Å²) >= 11 is 3.63. The third-order valence-electron chi connectivity index (χ3n) is 2.78. The summed E-state index contributed by atoms with van der Waals surface area (Å²) in [6.07, 6.45) is 0. The molecule has 0 aliphatic carbocycles. The Bertz CT molecular complexity index is 628. The second-order valence-electron chi connectivity index (χ2n) is 4.36. The lowest BCUT2D eigenvalue weighted by Crippen LogP contribution is -2.30. The van der Waals surface area contributed by atoms with Gasteiger partial charge in [0.2, 0.25) is 0 Å². The number of hydrogen-bond acceptors (Lipinski definition) is 4. The number of ether oxygens (including phenoxy) is 1. The molecular weight excluding hydrogens is 401 g/mol. The van der Waals surface area contributed by atoms with Gasteiger partial charge in [-0.15, -0.1) is 11.3 Å². The molecule has 1 aromatic carbocycles. The quantitative estimate of drug-likeness (QED) is 0.602. The van der Waals surface area contributed by atoms with Crippen LogP contribution in [0.15, 0.2) is 41.8 Å². The zero-order valence-corrected chi connectivity index (χ0v) is 14.3. The van der Waals surface area contributed by atoms with E-state index in [4.69, 9.17) is 4.74 Å². The third kappa shape index (κ3) is 4.53. The van der Waals surface area contributed by atoms with Crippen LogP contribution in [0.4, 0.5) is 0 Å². The second-order valence-corrected chi connectivity index (χ2v) is 6.50. The van der Waals surface area contributed by atoms with E-state index in [1.165, 1.54) is 0 Å². The van der Waals surface area contributed by atoms with Crippen molar-refractivity contribution in [3.05, 3.63) is 55.8 Å². The highest BCUT2D eigenvalue weighted by atomic mass is 127. The largest absolute Gasteiger partial charge is 0.452 e. The Balaban J connectivity index is 1.84. The number of nitrogens with one attached hydrogen (secondary N) is 1. The van der Waals surface area contributed by atoms with E-state index in [9.17, 15) is 9.59 Å². The SMILES string of the molecule is C[C@H](NC(=O)COC(=O)c1ccccc1I)c1cccs1. The van der Waals surface area contributed by atoms with Crippen LogP contribution in [-0.4, -0.2) is 18.5 Å². The van der Waals surface area contributed by atoms with Gasteiger partial charge in [-0.1, -0.05) is 18.2 Å². The Morgan fingerprint density at radius 2 is 2.05 bits per heavy atom. The molecule has 1 heterocycles. The molecule has 4 nitrogen and oxygen atoms in total. The van der Waals surface area contributed by atoms with Gasteiger partial charge in [0, 0.05) is 8.45 Å². The maximum absolute atomic E-state index is 11.9. The number of rotatable bonds is 5. The minimum Gasteiger partial charge on any atom is -0.452 e. The van der Waals surface area contributed by atoms with Crippen molar-refractivity contribution in [1.29, 1.82) is 0 Å².